The van der Waals surface area contributed by atoms with Gasteiger partial charge in [0.2, 0.25) is 0 Å². The lowest BCUT2D eigenvalue weighted by Crippen LogP contribution is -2.40. The number of hydrogen-bond donors (Lipinski definition) is 2. The van der Waals surface area contributed by atoms with Gasteiger partial charge in [0.05, 0.1) is 12.5 Å². The van der Waals surface area contributed by atoms with E-state index >= 15 is 0 Å². The fourth-order valence-corrected chi connectivity index (χ4v) is 5.00. The van der Waals surface area contributed by atoms with Gasteiger partial charge < -0.3 is 10.4 Å². The summed E-state index contributed by atoms with van der Waals surface area (Å²) in [6, 6.07) is 4.54. The zero-order valence-corrected chi connectivity index (χ0v) is 13.3. The molecular weight excluding hydrogens is 282 g/mol. The van der Waals surface area contributed by atoms with Crippen molar-refractivity contribution in [3.63, 3.8) is 0 Å². The second-order valence-electron chi connectivity index (χ2n) is 6.65. The Balaban J connectivity index is 1.61. The second-order valence-corrected chi connectivity index (χ2v) is 7.63. The lowest BCUT2D eigenvalue weighted by Gasteiger charge is -2.40. The lowest BCUT2D eigenvalue weighted by molar-refractivity contribution is -0.137. The summed E-state index contributed by atoms with van der Waals surface area (Å²) in [4.78, 5) is 12.3. The molecule has 2 N–H and O–H groups in total. The van der Waals surface area contributed by atoms with E-state index < -0.39 is 5.97 Å². The molecule has 0 saturated heterocycles. The van der Waals surface area contributed by atoms with E-state index in [-0.39, 0.29) is 12.5 Å². The predicted molar refractivity (Wildman–Crippen MR) is 85.5 cm³/mol. The van der Waals surface area contributed by atoms with Crippen LogP contribution in [0.5, 0.6) is 0 Å². The van der Waals surface area contributed by atoms with Crippen molar-refractivity contribution in [2.75, 3.05) is 0 Å². The first-order valence-corrected chi connectivity index (χ1v) is 9.11. The summed E-state index contributed by atoms with van der Waals surface area (Å²) in [6.45, 7) is 0. The highest BCUT2D eigenvalue weighted by atomic mass is 32.1. The molecule has 2 fully saturated rings. The zero-order chi connectivity index (χ0) is 14.7. The van der Waals surface area contributed by atoms with Gasteiger partial charge >= 0.3 is 5.97 Å². The molecule has 4 heteroatoms. The number of carbonyl (C=O) groups is 1. The van der Waals surface area contributed by atoms with Crippen molar-refractivity contribution in [2.24, 2.45) is 11.8 Å². The molecule has 1 aromatic heterocycles. The van der Waals surface area contributed by atoms with Gasteiger partial charge in [0.25, 0.3) is 0 Å². The smallest absolute Gasteiger partial charge is 0.305 e. The number of carboxylic acids is 1. The highest BCUT2D eigenvalue weighted by molar-refractivity contribution is 7.10. The average Bonchev–Trinajstić information content (AvgIpc) is 3.00. The summed E-state index contributed by atoms with van der Waals surface area (Å²) in [7, 11) is 0. The van der Waals surface area contributed by atoms with Crippen LogP contribution in [-0.2, 0) is 4.79 Å². The first-order chi connectivity index (χ1) is 10.2. The van der Waals surface area contributed by atoms with Crippen LogP contribution in [0.3, 0.4) is 0 Å². The Morgan fingerprint density at radius 3 is 2.81 bits per heavy atom. The molecule has 0 aromatic carbocycles. The highest BCUT2D eigenvalue weighted by Crippen LogP contribution is 2.41. The van der Waals surface area contributed by atoms with E-state index in [4.69, 9.17) is 5.11 Å². The standard InChI is InChI=1S/C17H25NO2S/c19-17(20)11-15(16-6-3-9-21-16)18-14-8-7-12-4-1-2-5-13(12)10-14/h3,6,9,12-15,18H,1-2,4-5,7-8,10-11H2,(H,19,20). The van der Waals surface area contributed by atoms with Crippen LogP contribution >= 0.6 is 11.3 Å². The molecule has 0 aliphatic heterocycles. The minimum Gasteiger partial charge on any atom is -0.481 e. The molecule has 4 unspecified atom stereocenters. The van der Waals surface area contributed by atoms with Crippen LogP contribution in [0.4, 0.5) is 0 Å². The monoisotopic (exact) mass is 307 g/mol. The van der Waals surface area contributed by atoms with Crippen molar-refractivity contribution in [1.29, 1.82) is 0 Å². The Kier molecular flexibility index (Phi) is 4.96. The molecule has 0 amide bonds. The van der Waals surface area contributed by atoms with Gasteiger partial charge in [-0.2, -0.15) is 0 Å². The first kappa shape index (κ1) is 15.0. The van der Waals surface area contributed by atoms with Crippen molar-refractivity contribution in [3.05, 3.63) is 22.4 Å². The lowest BCUT2D eigenvalue weighted by atomic mass is 9.69. The zero-order valence-electron chi connectivity index (χ0n) is 12.5. The van der Waals surface area contributed by atoms with Crippen LogP contribution in [0.15, 0.2) is 17.5 Å². The molecule has 3 rings (SSSR count). The van der Waals surface area contributed by atoms with Gasteiger partial charge in [-0.25, -0.2) is 0 Å². The molecule has 2 saturated carbocycles. The summed E-state index contributed by atoms with van der Waals surface area (Å²) in [5.74, 6) is 1.10. The van der Waals surface area contributed by atoms with Gasteiger partial charge in [0.1, 0.15) is 0 Å². The van der Waals surface area contributed by atoms with Crippen LogP contribution < -0.4 is 5.32 Å². The molecule has 1 heterocycles. The third kappa shape index (κ3) is 3.86. The van der Waals surface area contributed by atoms with E-state index in [2.05, 4.69) is 11.4 Å². The van der Waals surface area contributed by atoms with E-state index in [1.807, 2.05) is 11.4 Å². The summed E-state index contributed by atoms with van der Waals surface area (Å²) in [5, 5.41) is 14.8. The predicted octanol–water partition coefficient (Wildman–Crippen LogP) is 4.21. The Morgan fingerprint density at radius 2 is 2.10 bits per heavy atom. The van der Waals surface area contributed by atoms with Gasteiger partial charge in [0, 0.05) is 10.9 Å². The number of fused-ring (bicyclic) bond motifs is 1. The Bertz CT molecular complexity index is 459. The SMILES string of the molecule is O=C(O)CC(NC1CCC2CCCCC2C1)c1cccs1. The number of thiophene rings is 1. The van der Waals surface area contributed by atoms with Crippen molar-refractivity contribution >= 4 is 17.3 Å². The quantitative estimate of drug-likeness (QED) is 0.856. The third-order valence-corrected chi connectivity index (χ3v) is 6.23. The Hall–Kier alpha value is -0.870. The molecule has 2 aliphatic carbocycles. The largest absolute Gasteiger partial charge is 0.481 e. The molecule has 21 heavy (non-hydrogen) atoms. The van der Waals surface area contributed by atoms with Crippen molar-refractivity contribution in [1.82, 2.24) is 5.32 Å². The van der Waals surface area contributed by atoms with Gasteiger partial charge in [0.15, 0.2) is 0 Å². The number of hydrogen-bond acceptors (Lipinski definition) is 3. The van der Waals surface area contributed by atoms with E-state index in [0.29, 0.717) is 6.04 Å². The van der Waals surface area contributed by atoms with E-state index in [1.165, 1.54) is 44.9 Å². The molecule has 116 valence electrons. The van der Waals surface area contributed by atoms with E-state index in [1.54, 1.807) is 11.3 Å². The van der Waals surface area contributed by atoms with Gasteiger partial charge in [-0.1, -0.05) is 31.7 Å². The maximum Gasteiger partial charge on any atom is 0.305 e. The number of aliphatic carboxylic acids is 1. The highest BCUT2D eigenvalue weighted by Gasteiger charge is 2.33. The summed E-state index contributed by atoms with van der Waals surface area (Å²) >= 11 is 1.66. The molecule has 0 spiro atoms. The minimum absolute atomic E-state index is 0.0207. The number of rotatable bonds is 5. The third-order valence-electron chi connectivity index (χ3n) is 5.24. The van der Waals surface area contributed by atoms with Crippen LogP contribution in [0.25, 0.3) is 0 Å². The summed E-state index contributed by atoms with van der Waals surface area (Å²) in [5.41, 5.74) is 0. The van der Waals surface area contributed by atoms with Crippen molar-refractivity contribution in [2.45, 2.75) is 63.5 Å². The molecule has 2 aliphatic rings. The Morgan fingerprint density at radius 1 is 1.29 bits per heavy atom. The molecule has 0 bridgehead atoms. The number of carboxylic acid groups (broad SMARTS) is 1. The van der Waals surface area contributed by atoms with Gasteiger partial charge in [-0.15, -0.1) is 11.3 Å². The topological polar surface area (TPSA) is 49.3 Å². The fraction of sp³-hybridized carbons (Fsp3) is 0.706. The second kappa shape index (κ2) is 6.93. The van der Waals surface area contributed by atoms with Gasteiger partial charge in [-0.3, -0.25) is 4.79 Å². The fourth-order valence-electron chi connectivity index (χ4n) is 4.22. The van der Waals surface area contributed by atoms with E-state index in [0.717, 1.165) is 16.7 Å². The van der Waals surface area contributed by atoms with Crippen LogP contribution in [0, 0.1) is 11.8 Å². The van der Waals surface area contributed by atoms with Crippen molar-refractivity contribution in [3.8, 4) is 0 Å². The van der Waals surface area contributed by atoms with Crippen LogP contribution in [-0.4, -0.2) is 17.1 Å². The molecule has 4 atom stereocenters. The first-order valence-electron chi connectivity index (χ1n) is 8.23. The molecular formula is C17H25NO2S. The normalized spacial score (nSPS) is 30.6. The average molecular weight is 307 g/mol. The van der Waals surface area contributed by atoms with E-state index in [9.17, 15) is 4.79 Å². The minimum atomic E-state index is -0.716. The maximum absolute atomic E-state index is 11.1. The van der Waals surface area contributed by atoms with Gasteiger partial charge in [-0.05, 0) is 42.5 Å². The molecule has 3 nitrogen and oxygen atoms in total. The maximum atomic E-state index is 11.1. The number of nitrogens with one attached hydrogen (secondary N) is 1. The summed E-state index contributed by atoms with van der Waals surface area (Å²) in [6.07, 6.45) is 9.56. The van der Waals surface area contributed by atoms with Crippen molar-refractivity contribution < 1.29 is 9.90 Å². The molecule has 1 aromatic rings. The molecule has 0 radical (unpaired) electrons. The van der Waals surface area contributed by atoms with Crippen LogP contribution in [0.1, 0.15) is 62.3 Å². The Labute approximate surface area is 130 Å². The van der Waals surface area contributed by atoms with Crippen LogP contribution in [0.2, 0.25) is 0 Å². The summed E-state index contributed by atoms with van der Waals surface area (Å²) < 4.78 is 0.